The van der Waals surface area contributed by atoms with E-state index in [9.17, 15) is 21.6 Å². The normalized spacial score (nSPS) is 14.6. The number of halogens is 4. The van der Waals surface area contributed by atoms with Gasteiger partial charge in [-0.3, -0.25) is 0 Å². The zero-order chi connectivity index (χ0) is 14.1. The highest BCUT2D eigenvalue weighted by Crippen LogP contribution is 2.36. The van der Waals surface area contributed by atoms with Crippen LogP contribution in [0.2, 0.25) is 5.02 Å². The van der Waals surface area contributed by atoms with Gasteiger partial charge in [0, 0.05) is 0 Å². The summed E-state index contributed by atoms with van der Waals surface area (Å²) in [5, 5.41) is 8.43. The first-order valence-corrected chi connectivity index (χ1v) is 6.84. The third-order valence-electron chi connectivity index (χ3n) is 2.06. The fourth-order valence-corrected chi connectivity index (χ4v) is 2.95. The summed E-state index contributed by atoms with van der Waals surface area (Å²) in [5.74, 6) is -0.647. The summed E-state index contributed by atoms with van der Waals surface area (Å²) in [5.41, 5.74) is -1.21. The second-order valence-corrected chi connectivity index (χ2v) is 6.21. The second-order valence-electron chi connectivity index (χ2n) is 3.77. The highest BCUT2D eigenvalue weighted by atomic mass is 35.5. The van der Waals surface area contributed by atoms with Crippen LogP contribution in [0.3, 0.4) is 0 Å². The van der Waals surface area contributed by atoms with E-state index < -0.39 is 43.4 Å². The van der Waals surface area contributed by atoms with Crippen molar-refractivity contribution in [3.63, 3.8) is 0 Å². The summed E-state index contributed by atoms with van der Waals surface area (Å²) in [6, 6.07) is 2.33. The molecule has 0 saturated heterocycles. The van der Waals surface area contributed by atoms with Gasteiger partial charge in [-0.2, -0.15) is 13.2 Å². The molecule has 0 bridgehead atoms. The maximum Gasteiger partial charge on any atom is 0.417 e. The number of aliphatic hydroxyl groups excluding tert-OH is 1. The molecule has 0 spiro atoms. The summed E-state index contributed by atoms with van der Waals surface area (Å²) in [7, 11) is -3.97. The lowest BCUT2D eigenvalue weighted by molar-refractivity contribution is -0.137. The molecule has 0 unspecified atom stereocenters. The van der Waals surface area contributed by atoms with E-state index in [1.807, 2.05) is 0 Å². The smallest absolute Gasteiger partial charge is 0.392 e. The van der Waals surface area contributed by atoms with E-state index in [4.69, 9.17) is 16.7 Å². The topological polar surface area (TPSA) is 54.4 Å². The van der Waals surface area contributed by atoms with Crippen LogP contribution in [-0.2, 0) is 16.0 Å². The van der Waals surface area contributed by atoms with Gasteiger partial charge in [-0.25, -0.2) is 8.42 Å². The van der Waals surface area contributed by atoms with E-state index in [0.29, 0.717) is 6.07 Å². The highest BCUT2D eigenvalue weighted by Gasteiger charge is 2.34. The Morgan fingerprint density at radius 2 is 1.94 bits per heavy atom. The summed E-state index contributed by atoms with van der Waals surface area (Å²) in [4.78, 5) is -0.514. The molecule has 0 amide bonds. The van der Waals surface area contributed by atoms with E-state index in [0.717, 1.165) is 12.1 Å². The summed E-state index contributed by atoms with van der Waals surface area (Å²) < 4.78 is 61.0. The molecular formula is C10H10ClF3O3S. The predicted molar refractivity (Wildman–Crippen MR) is 60.2 cm³/mol. The lowest BCUT2D eigenvalue weighted by atomic mass is 10.2. The Morgan fingerprint density at radius 1 is 1.39 bits per heavy atom. The number of sulfone groups is 1. The minimum Gasteiger partial charge on any atom is -0.392 e. The zero-order valence-corrected chi connectivity index (χ0v) is 10.8. The summed E-state index contributed by atoms with van der Waals surface area (Å²) in [6.45, 7) is 1.23. The molecule has 1 atom stereocenters. The van der Waals surface area contributed by atoms with Crippen molar-refractivity contribution in [3.8, 4) is 0 Å². The monoisotopic (exact) mass is 302 g/mol. The van der Waals surface area contributed by atoms with Crippen LogP contribution >= 0.6 is 11.6 Å². The molecule has 0 aliphatic heterocycles. The van der Waals surface area contributed by atoms with E-state index in [2.05, 4.69) is 0 Å². The fraction of sp³-hybridized carbons (Fsp3) is 0.400. The van der Waals surface area contributed by atoms with Crippen molar-refractivity contribution in [1.29, 1.82) is 0 Å². The lowest BCUT2D eigenvalue weighted by Gasteiger charge is -2.12. The maximum atomic E-state index is 12.6. The van der Waals surface area contributed by atoms with Gasteiger partial charge in [0.25, 0.3) is 0 Å². The van der Waals surface area contributed by atoms with Crippen molar-refractivity contribution in [2.24, 2.45) is 0 Å². The first-order chi connectivity index (χ1) is 8.04. The average molecular weight is 303 g/mol. The van der Waals surface area contributed by atoms with Crippen LogP contribution in [0.4, 0.5) is 13.2 Å². The van der Waals surface area contributed by atoms with Crippen molar-refractivity contribution >= 4 is 21.4 Å². The summed E-state index contributed by atoms with van der Waals surface area (Å²) in [6.07, 6.45) is -5.90. The Morgan fingerprint density at radius 3 is 2.39 bits per heavy atom. The molecule has 0 fully saturated rings. The molecule has 0 aliphatic carbocycles. The van der Waals surface area contributed by atoms with Gasteiger partial charge in [-0.1, -0.05) is 11.6 Å². The maximum absolute atomic E-state index is 12.6. The molecule has 0 aromatic heterocycles. The highest BCUT2D eigenvalue weighted by molar-refractivity contribution is 7.91. The Labute approximate surface area is 107 Å². The van der Waals surface area contributed by atoms with Crippen molar-refractivity contribution in [1.82, 2.24) is 0 Å². The molecule has 1 aromatic carbocycles. The van der Waals surface area contributed by atoms with Gasteiger partial charge in [-0.05, 0) is 25.1 Å². The molecule has 1 aromatic rings. The molecular weight excluding hydrogens is 293 g/mol. The quantitative estimate of drug-likeness (QED) is 0.933. The number of benzene rings is 1. The van der Waals surface area contributed by atoms with Crippen molar-refractivity contribution in [3.05, 3.63) is 28.8 Å². The Bertz CT molecular complexity index is 538. The molecule has 102 valence electrons. The predicted octanol–water partition coefficient (Wildman–Crippen LogP) is 2.51. The first kappa shape index (κ1) is 15.3. The molecule has 8 heteroatoms. The van der Waals surface area contributed by atoms with Crippen LogP contribution in [0.25, 0.3) is 0 Å². The van der Waals surface area contributed by atoms with Gasteiger partial charge in [-0.15, -0.1) is 0 Å². The van der Waals surface area contributed by atoms with Crippen LogP contribution in [0.5, 0.6) is 0 Å². The van der Waals surface area contributed by atoms with E-state index in [1.54, 1.807) is 0 Å². The van der Waals surface area contributed by atoms with Gasteiger partial charge < -0.3 is 5.11 Å². The Kier molecular flexibility index (Phi) is 4.30. The van der Waals surface area contributed by atoms with Crippen LogP contribution in [0.15, 0.2) is 23.1 Å². The lowest BCUT2D eigenvalue weighted by Crippen LogP contribution is -2.18. The van der Waals surface area contributed by atoms with E-state index in [-0.39, 0.29) is 0 Å². The first-order valence-electron chi connectivity index (χ1n) is 4.81. The number of aliphatic hydroxyl groups is 1. The molecule has 18 heavy (non-hydrogen) atoms. The van der Waals surface area contributed by atoms with Crippen molar-refractivity contribution < 1.29 is 26.7 Å². The van der Waals surface area contributed by atoms with Crippen LogP contribution < -0.4 is 0 Å². The number of alkyl halides is 3. The van der Waals surface area contributed by atoms with Gasteiger partial charge in [0.2, 0.25) is 0 Å². The molecule has 0 saturated carbocycles. The molecule has 0 radical (unpaired) electrons. The van der Waals surface area contributed by atoms with Crippen LogP contribution in [-0.4, -0.2) is 25.4 Å². The van der Waals surface area contributed by atoms with Gasteiger partial charge >= 0.3 is 6.18 Å². The van der Waals surface area contributed by atoms with Gasteiger partial charge in [0.15, 0.2) is 9.84 Å². The van der Waals surface area contributed by atoms with Gasteiger partial charge in [0.1, 0.15) is 0 Å². The number of hydrogen-bond acceptors (Lipinski definition) is 3. The molecule has 1 rings (SSSR count). The molecule has 0 aliphatic rings. The zero-order valence-electron chi connectivity index (χ0n) is 9.20. The SMILES string of the molecule is C[C@@H](O)CS(=O)(=O)c1ccc(Cl)c(C(F)(F)F)c1. The average Bonchev–Trinajstić information content (AvgIpc) is 2.13. The number of rotatable bonds is 3. The third kappa shape index (κ3) is 3.60. The van der Waals surface area contributed by atoms with E-state index in [1.165, 1.54) is 6.92 Å². The minimum absolute atomic E-state index is 0.472. The molecule has 3 nitrogen and oxygen atoms in total. The van der Waals surface area contributed by atoms with Crippen molar-refractivity contribution in [2.75, 3.05) is 5.75 Å². The van der Waals surface area contributed by atoms with Crippen molar-refractivity contribution in [2.45, 2.75) is 24.1 Å². The summed E-state index contributed by atoms with van der Waals surface area (Å²) >= 11 is 5.37. The molecule has 1 N–H and O–H groups in total. The third-order valence-corrected chi connectivity index (χ3v) is 4.29. The van der Waals surface area contributed by atoms with E-state index >= 15 is 0 Å². The van der Waals surface area contributed by atoms with Crippen LogP contribution in [0.1, 0.15) is 12.5 Å². The largest absolute Gasteiger partial charge is 0.417 e. The second kappa shape index (κ2) is 5.07. The van der Waals surface area contributed by atoms with Crippen LogP contribution in [0, 0.1) is 0 Å². The van der Waals surface area contributed by atoms with Gasteiger partial charge in [0.05, 0.1) is 27.3 Å². The molecule has 0 heterocycles. The Hall–Kier alpha value is -0.790. The standard InChI is InChI=1S/C10H10ClF3O3S/c1-6(15)5-18(16,17)7-2-3-9(11)8(4-7)10(12,13)14/h2-4,6,15H,5H2,1H3/t6-/m1/s1. The fourth-order valence-electron chi connectivity index (χ4n) is 1.33. The number of hydrogen-bond donors (Lipinski definition) is 1. The minimum atomic E-state index is -4.73. The Balaban J connectivity index is 3.30.